The fourth-order valence-corrected chi connectivity index (χ4v) is 7.63. The van der Waals surface area contributed by atoms with E-state index in [9.17, 15) is 13.2 Å². The van der Waals surface area contributed by atoms with Gasteiger partial charge >= 0.3 is 0 Å². The zero-order valence-corrected chi connectivity index (χ0v) is 17.6. The molecule has 28 heavy (non-hydrogen) atoms. The number of sulfone groups is 1. The van der Waals surface area contributed by atoms with Crippen LogP contribution in [0.2, 0.25) is 5.02 Å². The number of aliphatic imine (C=N–C) groups is 1. The number of amidine groups is 1. The fourth-order valence-electron chi connectivity index (χ4n) is 3.52. The molecule has 2 saturated heterocycles. The van der Waals surface area contributed by atoms with Crippen LogP contribution in [-0.2, 0) is 21.1 Å². The third-order valence-corrected chi connectivity index (χ3v) is 8.29. The van der Waals surface area contributed by atoms with Gasteiger partial charge in [-0.05, 0) is 30.7 Å². The molecule has 0 unspecified atom stereocenters. The predicted octanol–water partition coefficient (Wildman–Crippen LogP) is 3.49. The van der Waals surface area contributed by atoms with E-state index in [1.54, 1.807) is 12.1 Å². The van der Waals surface area contributed by atoms with E-state index < -0.39 is 9.84 Å². The summed E-state index contributed by atoms with van der Waals surface area (Å²) in [6.07, 6.45) is 0.210. The van der Waals surface area contributed by atoms with E-state index in [-0.39, 0.29) is 35.1 Å². The van der Waals surface area contributed by atoms with Crippen LogP contribution in [0.1, 0.15) is 11.1 Å². The highest BCUT2D eigenvalue weighted by molar-refractivity contribution is 8.16. The summed E-state index contributed by atoms with van der Waals surface area (Å²) in [6.45, 7) is 2.00. The van der Waals surface area contributed by atoms with E-state index in [1.807, 2.05) is 48.2 Å². The summed E-state index contributed by atoms with van der Waals surface area (Å²) >= 11 is 7.50. The lowest BCUT2D eigenvalue weighted by molar-refractivity contribution is -0.117. The van der Waals surface area contributed by atoms with Crippen molar-refractivity contribution in [2.75, 3.05) is 16.4 Å². The van der Waals surface area contributed by atoms with Crippen molar-refractivity contribution in [2.45, 2.75) is 24.6 Å². The summed E-state index contributed by atoms with van der Waals surface area (Å²) < 4.78 is 24.2. The number of benzene rings is 2. The van der Waals surface area contributed by atoms with Crippen LogP contribution < -0.4 is 4.90 Å². The van der Waals surface area contributed by atoms with Crippen LogP contribution in [0.4, 0.5) is 5.69 Å². The summed E-state index contributed by atoms with van der Waals surface area (Å²) in [5, 5.41) is 0.969. The van der Waals surface area contributed by atoms with Gasteiger partial charge in [-0.1, -0.05) is 59.3 Å². The Morgan fingerprint density at radius 1 is 1.21 bits per heavy atom. The van der Waals surface area contributed by atoms with Gasteiger partial charge in [-0.15, -0.1) is 0 Å². The first-order chi connectivity index (χ1) is 13.3. The Morgan fingerprint density at radius 2 is 1.96 bits per heavy atom. The molecule has 0 aromatic heterocycles. The van der Waals surface area contributed by atoms with Gasteiger partial charge in [0.25, 0.3) is 5.91 Å². The van der Waals surface area contributed by atoms with Crippen LogP contribution in [-0.4, -0.2) is 42.3 Å². The van der Waals surface area contributed by atoms with Crippen LogP contribution in [0.3, 0.4) is 0 Å². The lowest BCUT2D eigenvalue weighted by Gasteiger charge is -2.24. The topological polar surface area (TPSA) is 66.8 Å². The number of halogens is 1. The number of anilines is 1. The van der Waals surface area contributed by atoms with Crippen molar-refractivity contribution in [1.82, 2.24) is 0 Å². The number of carbonyl (C=O) groups is 1. The molecule has 1 amide bonds. The molecular formula is C20H19ClN2O3S2. The monoisotopic (exact) mass is 434 g/mol. The number of amides is 1. The summed E-state index contributed by atoms with van der Waals surface area (Å²) in [5.74, 6) is -0.0892. The molecule has 146 valence electrons. The minimum Gasteiger partial charge on any atom is -0.316 e. The normalized spacial score (nSPS) is 24.5. The van der Waals surface area contributed by atoms with Crippen molar-refractivity contribution in [3.05, 3.63) is 64.7 Å². The first-order valence-electron chi connectivity index (χ1n) is 8.90. The van der Waals surface area contributed by atoms with Gasteiger partial charge in [0, 0.05) is 16.0 Å². The van der Waals surface area contributed by atoms with E-state index in [0.717, 1.165) is 16.8 Å². The maximum atomic E-state index is 12.6. The van der Waals surface area contributed by atoms with Crippen LogP contribution in [0.5, 0.6) is 0 Å². The molecule has 8 heteroatoms. The van der Waals surface area contributed by atoms with Gasteiger partial charge in [-0.2, -0.15) is 4.99 Å². The number of thioether (sulfide) groups is 1. The number of carbonyl (C=O) groups excluding carboxylic acids is 1. The Balaban J connectivity index is 1.63. The molecule has 4 rings (SSSR count). The third kappa shape index (κ3) is 4.11. The van der Waals surface area contributed by atoms with Gasteiger partial charge < -0.3 is 4.90 Å². The van der Waals surface area contributed by atoms with Gasteiger partial charge in [-0.3, -0.25) is 4.79 Å². The smallest absolute Gasteiger partial charge is 0.252 e. The summed E-state index contributed by atoms with van der Waals surface area (Å²) in [5.41, 5.74) is 2.79. The van der Waals surface area contributed by atoms with Crippen molar-refractivity contribution in [3.8, 4) is 0 Å². The molecule has 0 saturated carbocycles. The average Bonchev–Trinajstić information content (AvgIpc) is 3.07. The third-order valence-electron chi connectivity index (χ3n) is 4.85. The van der Waals surface area contributed by atoms with Crippen molar-refractivity contribution < 1.29 is 13.2 Å². The van der Waals surface area contributed by atoms with E-state index in [2.05, 4.69) is 4.99 Å². The summed E-state index contributed by atoms with van der Waals surface area (Å²) in [6, 6.07) is 14.7. The largest absolute Gasteiger partial charge is 0.316 e. The second-order valence-electron chi connectivity index (χ2n) is 7.10. The Bertz CT molecular complexity index is 1050. The lowest BCUT2D eigenvalue weighted by Crippen LogP contribution is -2.37. The van der Waals surface area contributed by atoms with Gasteiger partial charge in [0.1, 0.15) is 0 Å². The highest BCUT2D eigenvalue weighted by Gasteiger charge is 2.49. The Kier molecular flexibility index (Phi) is 5.24. The van der Waals surface area contributed by atoms with Crippen molar-refractivity contribution >= 4 is 50.0 Å². The number of aryl methyl sites for hydroxylation is 1. The standard InChI is InChI=1S/C20H19ClN2O3S2/c1-13-5-7-14(8-6-13)9-19(24)22-20-23(16-4-2-3-15(21)10-16)17-11-28(25,26)12-18(17)27-20/h2-8,10,17-18H,9,11-12H2,1H3/t17-,18+/m1/s1. The predicted molar refractivity (Wildman–Crippen MR) is 115 cm³/mol. The molecule has 2 aromatic rings. The molecule has 0 N–H and O–H groups in total. The first-order valence-corrected chi connectivity index (χ1v) is 12.0. The zero-order chi connectivity index (χ0) is 19.9. The molecule has 2 heterocycles. The number of rotatable bonds is 3. The molecule has 2 atom stereocenters. The second kappa shape index (κ2) is 7.54. The van der Waals surface area contributed by atoms with Gasteiger partial charge in [0.05, 0.1) is 24.0 Å². The molecule has 0 spiro atoms. The van der Waals surface area contributed by atoms with Crippen LogP contribution in [0, 0.1) is 6.92 Å². The Labute approximate surface area is 173 Å². The molecule has 0 aliphatic carbocycles. The summed E-state index contributed by atoms with van der Waals surface area (Å²) in [7, 11) is -3.10. The zero-order valence-electron chi connectivity index (χ0n) is 15.2. The van der Waals surface area contributed by atoms with Crippen molar-refractivity contribution in [1.29, 1.82) is 0 Å². The lowest BCUT2D eigenvalue weighted by atomic mass is 10.1. The molecule has 0 bridgehead atoms. The van der Waals surface area contributed by atoms with Gasteiger partial charge in [0.15, 0.2) is 15.0 Å². The number of fused-ring (bicyclic) bond motifs is 1. The maximum absolute atomic E-state index is 12.6. The number of hydrogen-bond acceptors (Lipinski definition) is 4. The Morgan fingerprint density at radius 3 is 2.68 bits per heavy atom. The van der Waals surface area contributed by atoms with E-state index in [1.165, 1.54) is 11.8 Å². The average molecular weight is 435 g/mol. The van der Waals surface area contributed by atoms with E-state index in [0.29, 0.717) is 10.2 Å². The highest BCUT2D eigenvalue weighted by atomic mass is 35.5. The Hall–Kier alpha value is -1.83. The minimum absolute atomic E-state index is 0.0579. The first kappa shape index (κ1) is 19.5. The molecule has 2 fully saturated rings. The molecule has 5 nitrogen and oxygen atoms in total. The number of hydrogen-bond donors (Lipinski definition) is 0. The van der Waals surface area contributed by atoms with Crippen LogP contribution in [0.25, 0.3) is 0 Å². The van der Waals surface area contributed by atoms with Crippen LogP contribution >= 0.6 is 23.4 Å². The molecular weight excluding hydrogens is 416 g/mol. The highest BCUT2D eigenvalue weighted by Crippen LogP contribution is 2.41. The van der Waals surface area contributed by atoms with Gasteiger partial charge in [0.2, 0.25) is 0 Å². The summed E-state index contributed by atoms with van der Waals surface area (Å²) in [4.78, 5) is 18.8. The molecule has 0 radical (unpaired) electrons. The quantitative estimate of drug-likeness (QED) is 0.739. The maximum Gasteiger partial charge on any atom is 0.252 e. The van der Waals surface area contributed by atoms with E-state index in [4.69, 9.17) is 11.6 Å². The molecule has 2 aliphatic heterocycles. The van der Waals surface area contributed by atoms with E-state index >= 15 is 0 Å². The number of nitrogens with zero attached hydrogens (tertiary/aromatic N) is 2. The fraction of sp³-hybridized carbons (Fsp3) is 0.300. The minimum atomic E-state index is -3.10. The van der Waals surface area contributed by atoms with Gasteiger partial charge in [-0.25, -0.2) is 8.42 Å². The molecule has 2 aliphatic rings. The molecule has 2 aromatic carbocycles. The second-order valence-corrected chi connectivity index (χ2v) is 10.9. The van der Waals surface area contributed by atoms with Crippen molar-refractivity contribution in [2.24, 2.45) is 4.99 Å². The SMILES string of the molecule is Cc1ccc(CC(=O)N=C2S[C@H]3CS(=O)(=O)C[C@H]3N2c2cccc(Cl)c2)cc1. The van der Waals surface area contributed by atoms with Crippen molar-refractivity contribution in [3.63, 3.8) is 0 Å². The van der Waals surface area contributed by atoms with Crippen LogP contribution in [0.15, 0.2) is 53.5 Å².